The van der Waals surface area contributed by atoms with Gasteiger partial charge in [-0.25, -0.2) is 4.98 Å². The molecule has 0 aliphatic heterocycles. The van der Waals surface area contributed by atoms with Gasteiger partial charge in [0.2, 0.25) is 5.91 Å². The first-order chi connectivity index (χ1) is 11.0. The lowest BCUT2D eigenvalue weighted by Gasteiger charge is -2.06. The third kappa shape index (κ3) is 3.49. The summed E-state index contributed by atoms with van der Waals surface area (Å²) in [5, 5.41) is 6.39. The van der Waals surface area contributed by atoms with Crippen molar-refractivity contribution in [1.29, 1.82) is 0 Å². The molecule has 5 nitrogen and oxygen atoms in total. The van der Waals surface area contributed by atoms with Crippen molar-refractivity contribution in [3.05, 3.63) is 53.1 Å². The molecule has 0 saturated carbocycles. The summed E-state index contributed by atoms with van der Waals surface area (Å²) < 4.78 is 0.866. The highest BCUT2D eigenvalue weighted by atomic mass is 35.5. The number of benzene rings is 2. The molecule has 0 spiro atoms. The summed E-state index contributed by atoms with van der Waals surface area (Å²) in [6.07, 6.45) is 0. The highest BCUT2D eigenvalue weighted by Crippen LogP contribution is 2.28. The van der Waals surface area contributed by atoms with Crippen molar-refractivity contribution in [2.24, 2.45) is 0 Å². The molecule has 3 aromatic rings. The monoisotopic (exact) mass is 345 g/mol. The van der Waals surface area contributed by atoms with Gasteiger partial charge in [-0.1, -0.05) is 35.1 Å². The lowest BCUT2D eigenvalue weighted by molar-refractivity contribution is -0.114. The fraction of sp³-hybridized carbons (Fsp3) is 0.0625. The number of amides is 2. The number of halogens is 1. The summed E-state index contributed by atoms with van der Waals surface area (Å²) in [5.74, 6) is -0.446. The molecule has 0 aliphatic rings. The molecule has 1 heterocycles. The number of carbonyl (C=O) groups excluding carboxylic acids is 2. The van der Waals surface area contributed by atoms with Gasteiger partial charge in [0.1, 0.15) is 0 Å². The van der Waals surface area contributed by atoms with E-state index in [0.717, 1.165) is 10.2 Å². The van der Waals surface area contributed by atoms with Crippen LogP contribution < -0.4 is 10.6 Å². The first-order valence-corrected chi connectivity index (χ1v) is 7.96. The van der Waals surface area contributed by atoms with Crippen molar-refractivity contribution in [3.8, 4) is 0 Å². The molecule has 116 valence electrons. The van der Waals surface area contributed by atoms with Crippen molar-refractivity contribution in [3.63, 3.8) is 0 Å². The second-order valence-electron chi connectivity index (χ2n) is 4.82. The number of carbonyl (C=O) groups is 2. The zero-order valence-electron chi connectivity index (χ0n) is 12.1. The number of aromatic nitrogens is 1. The molecule has 1 aromatic heterocycles. The van der Waals surface area contributed by atoms with E-state index < -0.39 is 0 Å². The molecule has 2 amide bonds. The van der Waals surface area contributed by atoms with E-state index in [9.17, 15) is 9.59 Å². The van der Waals surface area contributed by atoms with Crippen LogP contribution in [0.15, 0.2) is 42.5 Å². The topological polar surface area (TPSA) is 71.1 Å². The van der Waals surface area contributed by atoms with E-state index in [2.05, 4.69) is 15.6 Å². The fourth-order valence-electron chi connectivity index (χ4n) is 2.05. The van der Waals surface area contributed by atoms with Gasteiger partial charge in [0, 0.05) is 12.6 Å². The smallest absolute Gasteiger partial charge is 0.257 e. The van der Waals surface area contributed by atoms with Crippen LogP contribution in [0.2, 0.25) is 5.02 Å². The number of fused-ring (bicyclic) bond motifs is 1. The van der Waals surface area contributed by atoms with Crippen molar-refractivity contribution >= 4 is 55.8 Å². The predicted octanol–water partition coefficient (Wildman–Crippen LogP) is 4.16. The van der Waals surface area contributed by atoms with Crippen molar-refractivity contribution < 1.29 is 9.59 Å². The minimum Gasteiger partial charge on any atom is -0.322 e. The van der Waals surface area contributed by atoms with Crippen LogP contribution in [-0.2, 0) is 4.79 Å². The molecule has 3 rings (SSSR count). The van der Waals surface area contributed by atoms with Gasteiger partial charge in [0.05, 0.1) is 20.8 Å². The number of thiazole rings is 1. The lowest BCUT2D eigenvalue weighted by atomic mass is 10.2. The van der Waals surface area contributed by atoms with Gasteiger partial charge < -0.3 is 10.6 Å². The van der Waals surface area contributed by atoms with Gasteiger partial charge >= 0.3 is 0 Å². The molecule has 0 aliphatic carbocycles. The number of hydrogen-bond acceptors (Lipinski definition) is 4. The highest BCUT2D eigenvalue weighted by molar-refractivity contribution is 7.22. The molecule has 0 bridgehead atoms. The largest absolute Gasteiger partial charge is 0.322 e. The van der Waals surface area contributed by atoms with Gasteiger partial charge in [0.25, 0.3) is 5.91 Å². The zero-order valence-corrected chi connectivity index (χ0v) is 13.7. The molecule has 0 unspecified atom stereocenters. The van der Waals surface area contributed by atoms with Gasteiger partial charge in [-0.3, -0.25) is 9.59 Å². The van der Waals surface area contributed by atoms with Gasteiger partial charge in [-0.05, 0) is 30.3 Å². The third-order valence-electron chi connectivity index (χ3n) is 3.05. The Morgan fingerprint density at radius 2 is 1.91 bits per heavy atom. The Morgan fingerprint density at radius 3 is 2.65 bits per heavy atom. The number of hydrogen-bond donors (Lipinski definition) is 2. The lowest BCUT2D eigenvalue weighted by Crippen LogP contribution is -2.12. The quantitative estimate of drug-likeness (QED) is 0.748. The van der Waals surface area contributed by atoms with Crippen LogP contribution in [0.3, 0.4) is 0 Å². The number of nitrogens with zero attached hydrogens (tertiary/aromatic N) is 1. The van der Waals surface area contributed by atoms with Gasteiger partial charge in [-0.15, -0.1) is 0 Å². The fourth-order valence-corrected chi connectivity index (χ4v) is 3.22. The first-order valence-electron chi connectivity index (χ1n) is 6.77. The van der Waals surface area contributed by atoms with Crippen LogP contribution in [0.25, 0.3) is 10.2 Å². The molecule has 7 heteroatoms. The molecular formula is C16H12ClN3O2S. The maximum absolute atomic E-state index is 12.3. The second-order valence-corrected chi connectivity index (χ2v) is 6.25. The summed E-state index contributed by atoms with van der Waals surface area (Å²) in [4.78, 5) is 27.6. The Bertz CT molecular complexity index is 907. The predicted molar refractivity (Wildman–Crippen MR) is 93.3 cm³/mol. The van der Waals surface area contributed by atoms with Crippen molar-refractivity contribution in [2.75, 3.05) is 10.6 Å². The van der Waals surface area contributed by atoms with Gasteiger partial charge in [-0.2, -0.15) is 0 Å². The third-order valence-corrected chi connectivity index (χ3v) is 4.31. The SMILES string of the molecule is CC(=O)Nc1nc2ccc(NC(=O)c3ccccc3Cl)cc2s1. The summed E-state index contributed by atoms with van der Waals surface area (Å²) >= 11 is 7.37. The summed E-state index contributed by atoms with van der Waals surface area (Å²) in [6.45, 7) is 1.43. The van der Waals surface area contributed by atoms with Crippen LogP contribution in [0.1, 0.15) is 17.3 Å². The van der Waals surface area contributed by atoms with Crippen molar-refractivity contribution in [1.82, 2.24) is 4.98 Å². The normalized spacial score (nSPS) is 10.5. The van der Waals surface area contributed by atoms with Crippen LogP contribution in [0, 0.1) is 0 Å². The number of nitrogens with one attached hydrogen (secondary N) is 2. The molecule has 2 aromatic carbocycles. The van der Waals surface area contributed by atoms with Crippen LogP contribution in [0.5, 0.6) is 0 Å². The minimum atomic E-state index is -0.276. The summed E-state index contributed by atoms with van der Waals surface area (Å²) in [6, 6.07) is 12.2. The zero-order chi connectivity index (χ0) is 16.4. The number of anilines is 2. The van der Waals surface area contributed by atoms with E-state index >= 15 is 0 Å². The van der Waals surface area contributed by atoms with E-state index in [1.165, 1.54) is 18.3 Å². The Labute approximate surface area is 141 Å². The Morgan fingerprint density at radius 1 is 1.13 bits per heavy atom. The Balaban J connectivity index is 1.84. The Kier molecular flexibility index (Phi) is 4.27. The maximum Gasteiger partial charge on any atom is 0.257 e. The van der Waals surface area contributed by atoms with E-state index in [0.29, 0.717) is 21.4 Å². The average Bonchev–Trinajstić information content (AvgIpc) is 2.88. The van der Waals surface area contributed by atoms with E-state index in [4.69, 9.17) is 11.6 Å². The molecule has 0 saturated heterocycles. The van der Waals surface area contributed by atoms with E-state index in [1.807, 2.05) is 6.07 Å². The summed E-state index contributed by atoms with van der Waals surface area (Å²) in [5.41, 5.74) is 1.81. The summed E-state index contributed by atoms with van der Waals surface area (Å²) in [7, 11) is 0. The molecule has 23 heavy (non-hydrogen) atoms. The minimum absolute atomic E-state index is 0.170. The molecule has 0 fully saturated rings. The van der Waals surface area contributed by atoms with E-state index in [-0.39, 0.29) is 11.8 Å². The van der Waals surface area contributed by atoms with Crippen LogP contribution >= 0.6 is 22.9 Å². The maximum atomic E-state index is 12.3. The molecule has 0 radical (unpaired) electrons. The van der Waals surface area contributed by atoms with Gasteiger partial charge in [0.15, 0.2) is 5.13 Å². The number of rotatable bonds is 3. The van der Waals surface area contributed by atoms with E-state index in [1.54, 1.807) is 36.4 Å². The molecule has 2 N–H and O–H groups in total. The van der Waals surface area contributed by atoms with Crippen molar-refractivity contribution in [2.45, 2.75) is 6.92 Å². The molecular weight excluding hydrogens is 334 g/mol. The highest BCUT2D eigenvalue weighted by Gasteiger charge is 2.11. The standard InChI is InChI=1S/C16H12ClN3O2S/c1-9(21)18-16-20-13-7-6-10(8-14(13)23-16)19-15(22)11-4-2-3-5-12(11)17/h2-8H,1H3,(H,19,22)(H,18,20,21). The average molecular weight is 346 g/mol. The van der Waals surface area contributed by atoms with Crippen LogP contribution in [0.4, 0.5) is 10.8 Å². The Hall–Kier alpha value is -2.44. The van der Waals surface area contributed by atoms with Crippen LogP contribution in [-0.4, -0.2) is 16.8 Å². The second kappa shape index (κ2) is 6.36. The molecule has 0 atom stereocenters. The first kappa shape index (κ1) is 15.5.